The Labute approximate surface area is 439 Å². The smallest absolute Gasteiger partial charge is 0.0236 e. The molecule has 0 aromatic heterocycles. The van der Waals surface area contributed by atoms with Crippen LogP contribution in [0.3, 0.4) is 0 Å². The van der Waals surface area contributed by atoms with Crippen molar-refractivity contribution in [3.63, 3.8) is 0 Å². The van der Waals surface area contributed by atoms with Gasteiger partial charge in [0, 0.05) is 0 Å². The third-order valence-corrected chi connectivity index (χ3v) is 25.8. The van der Waals surface area contributed by atoms with Crippen LogP contribution in [0.4, 0.5) is 0 Å². The van der Waals surface area contributed by atoms with Gasteiger partial charge in [-0.25, -0.2) is 0 Å². The summed E-state index contributed by atoms with van der Waals surface area (Å²) >= 11 is 0. The van der Waals surface area contributed by atoms with E-state index in [0.717, 1.165) is 136 Å². The van der Waals surface area contributed by atoms with Crippen LogP contribution < -0.4 is 0 Å². The Morgan fingerprint density at radius 3 is 1.11 bits per heavy atom. The minimum absolute atomic E-state index is 0.793. The zero-order valence-corrected chi connectivity index (χ0v) is 48.7. The predicted octanol–water partition coefficient (Wildman–Crippen LogP) is 22.0. The van der Waals surface area contributed by atoms with Crippen LogP contribution in [0, 0.1) is 136 Å². The van der Waals surface area contributed by atoms with Crippen LogP contribution in [-0.2, 0) is 0 Å². The number of allylic oxidation sites excluding steroid dienone is 1. The van der Waals surface area contributed by atoms with E-state index < -0.39 is 0 Å². The number of rotatable bonds is 20. The van der Waals surface area contributed by atoms with Crippen molar-refractivity contribution in [3.8, 4) is 0 Å². The topological polar surface area (TPSA) is 0 Å². The summed E-state index contributed by atoms with van der Waals surface area (Å²) in [6.45, 7) is 25.4. The predicted molar refractivity (Wildman–Crippen MR) is 307 cm³/mol. The highest BCUT2D eigenvalue weighted by atomic mass is 14.5. The van der Waals surface area contributed by atoms with Gasteiger partial charge in [0.15, 0.2) is 0 Å². The van der Waals surface area contributed by atoms with Crippen LogP contribution in [0.15, 0.2) is 12.7 Å². The molecule has 0 spiro atoms. The normalized spacial score (nSPS) is 42.4. The number of hydrogen-bond donors (Lipinski definition) is 0. The van der Waals surface area contributed by atoms with Crippen LogP contribution in [0.2, 0.25) is 0 Å². The molecular weight excluding hydrogens is 841 g/mol. The van der Waals surface area contributed by atoms with Gasteiger partial charge in [-0.3, -0.25) is 0 Å². The molecule has 404 valence electrons. The van der Waals surface area contributed by atoms with Crippen molar-refractivity contribution in [2.75, 3.05) is 0 Å². The molecule has 0 amide bonds. The molecule has 70 heavy (non-hydrogen) atoms. The molecule has 8 saturated carbocycles. The molecule has 0 N–H and O–H groups in total. The van der Waals surface area contributed by atoms with E-state index in [1.165, 1.54) is 135 Å². The van der Waals surface area contributed by atoms with Crippen molar-refractivity contribution < 1.29 is 0 Å². The van der Waals surface area contributed by atoms with E-state index in [2.05, 4.69) is 68.0 Å². The van der Waals surface area contributed by atoms with Gasteiger partial charge in [-0.2, -0.15) is 0 Å². The lowest BCUT2D eigenvalue weighted by Gasteiger charge is -2.47. The van der Waals surface area contributed by atoms with Crippen LogP contribution in [-0.4, -0.2) is 0 Å². The fourth-order valence-corrected chi connectivity index (χ4v) is 20.1. The van der Waals surface area contributed by atoms with Gasteiger partial charge in [0.2, 0.25) is 0 Å². The van der Waals surface area contributed by atoms with Gasteiger partial charge >= 0.3 is 0 Å². The summed E-state index contributed by atoms with van der Waals surface area (Å²) in [7, 11) is 0. The van der Waals surface area contributed by atoms with Crippen molar-refractivity contribution in [2.45, 2.75) is 293 Å². The zero-order chi connectivity index (χ0) is 49.1. The van der Waals surface area contributed by atoms with Crippen molar-refractivity contribution in [3.05, 3.63) is 12.7 Å². The average molecular weight is 966 g/mol. The third-order valence-electron chi connectivity index (χ3n) is 25.8. The van der Waals surface area contributed by atoms with Crippen molar-refractivity contribution in [2.24, 2.45) is 136 Å². The molecule has 0 aliphatic heterocycles. The molecule has 8 rings (SSSR count). The van der Waals surface area contributed by atoms with Gasteiger partial charge in [-0.05, 0) is 290 Å². The van der Waals surface area contributed by atoms with Gasteiger partial charge < -0.3 is 0 Å². The molecule has 0 saturated heterocycles. The molecule has 8 aliphatic carbocycles. The summed E-state index contributed by atoms with van der Waals surface area (Å²) in [6, 6.07) is 0. The van der Waals surface area contributed by atoms with E-state index in [1.54, 1.807) is 103 Å². The standard InChI is InChI=1S/C70H124/c1-10-56-20-22-58(23-21-56)47-70(68(44-19-52(6)60-28-11-48(2)12-29-60)65-42-40-63(41-43-65)54(8)62-32-15-50(4)16-33-62)67-38-26-59(27-39-67)46-69(55(9)64-34-17-51(5)18-35-64)66-36-24-57(25-37-66)45-53(7)61-30-13-49(3)14-31-61/h10,48-70H,1,11-47H2,2-9H3. The molecule has 7 atom stereocenters. The summed E-state index contributed by atoms with van der Waals surface area (Å²) < 4.78 is 0. The summed E-state index contributed by atoms with van der Waals surface area (Å²) in [5.74, 6) is 22.6. The Balaban J connectivity index is 0.946. The molecule has 8 aliphatic rings. The minimum atomic E-state index is 0.793. The monoisotopic (exact) mass is 965 g/mol. The van der Waals surface area contributed by atoms with Gasteiger partial charge in [0.05, 0.1) is 0 Å². The second-order valence-electron chi connectivity index (χ2n) is 30.3. The molecule has 0 radical (unpaired) electrons. The Hall–Kier alpha value is -0.260. The van der Waals surface area contributed by atoms with Crippen LogP contribution in [0.1, 0.15) is 293 Å². The summed E-state index contributed by atoms with van der Waals surface area (Å²) in [5.41, 5.74) is 0. The molecule has 0 bridgehead atoms. The molecule has 7 unspecified atom stereocenters. The largest absolute Gasteiger partial charge is 0.103 e. The molecule has 8 fully saturated rings. The zero-order valence-electron chi connectivity index (χ0n) is 48.7. The van der Waals surface area contributed by atoms with Crippen molar-refractivity contribution in [1.29, 1.82) is 0 Å². The lowest BCUT2D eigenvalue weighted by molar-refractivity contribution is 0.0311. The lowest BCUT2D eigenvalue weighted by Crippen LogP contribution is -2.37. The van der Waals surface area contributed by atoms with Crippen LogP contribution in [0.25, 0.3) is 0 Å². The fraction of sp³-hybridized carbons (Fsp3) is 0.971. The Morgan fingerprint density at radius 1 is 0.314 bits per heavy atom. The Kier molecular flexibility index (Phi) is 22.1. The summed E-state index contributed by atoms with van der Waals surface area (Å²) in [4.78, 5) is 0. The first-order chi connectivity index (χ1) is 33.9. The maximum absolute atomic E-state index is 4.30. The lowest BCUT2D eigenvalue weighted by atomic mass is 9.58. The summed E-state index contributed by atoms with van der Waals surface area (Å²) in [6.07, 6.45) is 59.2. The Bertz CT molecular complexity index is 1410. The van der Waals surface area contributed by atoms with Crippen molar-refractivity contribution in [1.82, 2.24) is 0 Å². The van der Waals surface area contributed by atoms with E-state index in [9.17, 15) is 0 Å². The van der Waals surface area contributed by atoms with Crippen molar-refractivity contribution >= 4 is 0 Å². The second-order valence-corrected chi connectivity index (χ2v) is 30.3. The van der Waals surface area contributed by atoms with E-state index in [4.69, 9.17) is 0 Å². The van der Waals surface area contributed by atoms with Gasteiger partial charge in [0.25, 0.3) is 0 Å². The minimum Gasteiger partial charge on any atom is -0.103 e. The molecule has 0 heteroatoms. The van der Waals surface area contributed by atoms with E-state index >= 15 is 0 Å². The van der Waals surface area contributed by atoms with Gasteiger partial charge in [-0.1, -0.05) is 145 Å². The van der Waals surface area contributed by atoms with E-state index in [0.29, 0.717) is 0 Å². The third kappa shape index (κ3) is 15.7. The highest BCUT2D eigenvalue weighted by Gasteiger charge is 2.43. The first kappa shape index (κ1) is 56.0. The summed E-state index contributed by atoms with van der Waals surface area (Å²) in [5, 5.41) is 0. The highest BCUT2D eigenvalue weighted by molar-refractivity contribution is 4.95. The molecule has 0 aromatic rings. The Morgan fingerprint density at radius 2 is 0.643 bits per heavy atom. The highest BCUT2D eigenvalue weighted by Crippen LogP contribution is 2.54. The SMILES string of the molecule is C=CC1CCC(CC(C2CCC(CC(C3CCC(CC(C)C4CCC(C)CC4)CC3)C(C)C3CCC(C)CC3)CC2)C(CCC(C)C2CCC(C)CC2)C2CCC(C(C)C3CCC(C)CC3)CC2)CC1. The van der Waals surface area contributed by atoms with E-state index in [-0.39, 0.29) is 0 Å². The molecule has 0 nitrogen and oxygen atoms in total. The molecule has 0 heterocycles. The van der Waals surface area contributed by atoms with E-state index in [1.807, 2.05) is 0 Å². The first-order valence-corrected chi connectivity index (χ1v) is 33.5. The van der Waals surface area contributed by atoms with Crippen LogP contribution in [0.5, 0.6) is 0 Å². The molecule has 0 aromatic carbocycles. The molecular formula is C70H124. The van der Waals surface area contributed by atoms with Gasteiger partial charge in [-0.15, -0.1) is 6.58 Å². The fourth-order valence-electron chi connectivity index (χ4n) is 20.1. The van der Waals surface area contributed by atoms with Crippen LogP contribution >= 0.6 is 0 Å². The quantitative estimate of drug-likeness (QED) is 0.107. The van der Waals surface area contributed by atoms with Gasteiger partial charge in [0.1, 0.15) is 0 Å². The maximum Gasteiger partial charge on any atom is -0.0236 e. The second kappa shape index (κ2) is 27.7. The average Bonchev–Trinajstić information content (AvgIpc) is 3.39. The number of hydrogen-bond acceptors (Lipinski definition) is 0. The maximum atomic E-state index is 4.30. The first-order valence-electron chi connectivity index (χ1n) is 33.5.